The first-order valence-electron chi connectivity index (χ1n) is 9.12. The Balaban J connectivity index is 1.92. The number of nitrogen functional groups attached to an aromatic ring is 1. The Bertz CT molecular complexity index is 811. The normalized spacial score (nSPS) is 20.1. The molecule has 0 aromatic heterocycles. The molecule has 5 heteroatoms. The van der Waals surface area contributed by atoms with E-state index >= 15 is 0 Å². The molecule has 26 heavy (non-hydrogen) atoms. The summed E-state index contributed by atoms with van der Waals surface area (Å²) in [6, 6.07) is 11.8. The summed E-state index contributed by atoms with van der Waals surface area (Å²) in [6.45, 7) is 6.59. The van der Waals surface area contributed by atoms with Gasteiger partial charge in [0.15, 0.2) is 0 Å². The van der Waals surface area contributed by atoms with Crippen molar-refractivity contribution in [3.8, 4) is 0 Å². The van der Waals surface area contributed by atoms with Gasteiger partial charge in [0.05, 0.1) is 11.4 Å². The van der Waals surface area contributed by atoms with Crippen LogP contribution in [0.25, 0.3) is 0 Å². The molecule has 2 aromatic rings. The van der Waals surface area contributed by atoms with E-state index in [2.05, 4.69) is 31.0 Å². The second-order valence-electron chi connectivity index (χ2n) is 7.23. The van der Waals surface area contributed by atoms with E-state index in [1.807, 2.05) is 12.1 Å². The maximum Gasteiger partial charge on any atom is 0.255 e. The van der Waals surface area contributed by atoms with Gasteiger partial charge in [0.25, 0.3) is 5.91 Å². The molecule has 3 N–H and O–H groups in total. The highest BCUT2D eigenvalue weighted by molar-refractivity contribution is 6.31. The van der Waals surface area contributed by atoms with E-state index < -0.39 is 0 Å². The van der Waals surface area contributed by atoms with Gasteiger partial charge in [0.2, 0.25) is 0 Å². The van der Waals surface area contributed by atoms with Gasteiger partial charge in [-0.3, -0.25) is 4.79 Å². The van der Waals surface area contributed by atoms with Gasteiger partial charge >= 0.3 is 0 Å². The molecule has 0 bridgehead atoms. The van der Waals surface area contributed by atoms with Crippen LogP contribution in [-0.4, -0.2) is 18.0 Å². The van der Waals surface area contributed by atoms with Crippen LogP contribution in [0.1, 0.15) is 49.0 Å². The molecule has 2 atom stereocenters. The molecule has 138 valence electrons. The number of halogens is 1. The van der Waals surface area contributed by atoms with Gasteiger partial charge in [-0.15, -0.1) is 0 Å². The SMILES string of the molecule is Cc1cc(N)c(NC(=O)c2cccc(Cl)c2)cc1N1[C@H](C)CCC[C@H]1C. The Morgan fingerprint density at radius 3 is 2.54 bits per heavy atom. The molecule has 1 fully saturated rings. The van der Waals surface area contributed by atoms with Crippen molar-refractivity contribution in [1.82, 2.24) is 0 Å². The molecule has 1 amide bonds. The number of nitrogens with zero attached hydrogens (tertiary/aromatic N) is 1. The summed E-state index contributed by atoms with van der Waals surface area (Å²) in [4.78, 5) is 15.0. The molecule has 0 unspecified atom stereocenters. The number of amides is 1. The molecule has 4 nitrogen and oxygen atoms in total. The number of hydrogen-bond acceptors (Lipinski definition) is 3. The summed E-state index contributed by atoms with van der Waals surface area (Å²) in [5, 5.41) is 3.47. The van der Waals surface area contributed by atoms with Crippen LogP contribution < -0.4 is 16.0 Å². The predicted octanol–water partition coefficient (Wildman–Crippen LogP) is 5.25. The van der Waals surface area contributed by atoms with Crippen molar-refractivity contribution in [2.24, 2.45) is 0 Å². The zero-order chi connectivity index (χ0) is 18.8. The van der Waals surface area contributed by atoms with E-state index in [0.29, 0.717) is 34.0 Å². The number of benzene rings is 2. The number of anilines is 3. The minimum atomic E-state index is -0.214. The van der Waals surface area contributed by atoms with Crippen LogP contribution in [0, 0.1) is 6.92 Å². The van der Waals surface area contributed by atoms with Crippen LogP contribution in [0.2, 0.25) is 5.02 Å². The largest absolute Gasteiger partial charge is 0.397 e. The Morgan fingerprint density at radius 1 is 1.19 bits per heavy atom. The predicted molar refractivity (Wildman–Crippen MR) is 110 cm³/mol. The first-order chi connectivity index (χ1) is 12.4. The summed E-state index contributed by atoms with van der Waals surface area (Å²) in [5.41, 5.74) is 10.2. The highest BCUT2D eigenvalue weighted by atomic mass is 35.5. The van der Waals surface area contributed by atoms with Gasteiger partial charge in [-0.05, 0) is 75.9 Å². The lowest BCUT2D eigenvalue weighted by molar-refractivity contribution is 0.102. The zero-order valence-electron chi connectivity index (χ0n) is 15.6. The van der Waals surface area contributed by atoms with Crippen LogP contribution in [0.4, 0.5) is 17.1 Å². The average Bonchev–Trinajstić information content (AvgIpc) is 2.58. The molecule has 1 heterocycles. The lowest BCUT2D eigenvalue weighted by atomic mass is 9.95. The minimum absolute atomic E-state index is 0.214. The van der Waals surface area contributed by atoms with Crippen molar-refractivity contribution in [2.45, 2.75) is 52.1 Å². The van der Waals surface area contributed by atoms with Crippen molar-refractivity contribution in [2.75, 3.05) is 16.0 Å². The quantitative estimate of drug-likeness (QED) is 0.724. The van der Waals surface area contributed by atoms with Gasteiger partial charge in [-0.25, -0.2) is 0 Å². The summed E-state index contributed by atoms with van der Waals surface area (Å²) in [6.07, 6.45) is 3.61. The van der Waals surface area contributed by atoms with Gasteiger partial charge in [-0.2, -0.15) is 0 Å². The summed E-state index contributed by atoms with van der Waals surface area (Å²) in [7, 11) is 0. The monoisotopic (exact) mass is 371 g/mol. The molecule has 2 aromatic carbocycles. The smallest absolute Gasteiger partial charge is 0.255 e. The van der Waals surface area contributed by atoms with E-state index in [-0.39, 0.29) is 5.91 Å². The molecular weight excluding hydrogens is 346 g/mol. The third-order valence-corrected chi connectivity index (χ3v) is 5.41. The molecule has 0 radical (unpaired) electrons. The van der Waals surface area contributed by atoms with Crippen molar-refractivity contribution >= 4 is 34.6 Å². The first-order valence-corrected chi connectivity index (χ1v) is 9.50. The van der Waals surface area contributed by atoms with Gasteiger partial charge in [0, 0.05) is 28.4 Å². The van der Waals surface area contributed by atoms with E-state index in [9.17, 15) is 4.79 Å². The van der Waals surface area contributed by atoms with Gasteiger partial charge in [-0.1, -0.05) is 17.7 Å². The lowest BCUT2D eigenvalue weighted by Gasteiger charge is -2.42. The summed E-state index contributed by atoms with van der Waals surface area (Å²) in [5.74, 6) is -0.214. The average molecular weight is 372 g/mol. The molecule has 1 aliphatic heterocycles. The molecule has 0 aliphatic carbocycles. The fourth-order valence-corrected chi connectivity index (χ4v) is 4.02. The summed E-state index contributed by atoms with van der Waals surface area (Å²) >= 11 is 5.99. The number of aryl methyl sites for hydroxylation is 1. The number of carbonyl (C=O) groups excluding carboxylic acids is 1. The number of rotatable bonds is 3. The maximum atomic E-state index is 12.6. The number of nitrogens with one attached hydrogen (secondary N) is 1. The summed E-state index contributed by atoms with van der Waals surface area (Å²) < 4.78 is 0. The standard InChI is InChI=1S/C21H26ClN3O/c1-13-10-18(23)19(24-21(26)16-8-5-9-17(22)11-16)12-20(13)25-14(2)6-4-7-15(25)3/h5,8-12,14-15H,4,6-7,23H2,1-3H3,(H,24,26)/t14-,15-/m1/s1. The molecule has 1 saturated heterocycles. The van der Waals surface area contributed by atoms with E-state index in [1.165, 1.54) is 19.3 Å². The zero-order valence-corrected chi connectivity index (χ0v) is 16.3. The Hall–Kier alpha value is -2.20. The fourth-order valence-electron chi connectivity index (χ4n) is 3.83. The van der Waals surface area contributed by atoms with Crippen LogP contribution in [0.15, 0.2) is 36.4 Å². The highest BCUT2D eigenvalue weighted by Gasteiger charge is 2.26. The maximum absolute atomic E-state index is 12.6. The van der Waals surface area contributed by atoms with Crippen molar-refractivity contribution in [3.63, 3.8) is 0 Å². The van der Waals surface area contributed by atoms with Gasteiger partial charge < -0.3 is 16.0 Å². The first kappa shape index (κ1) is 18.6. The molecule has 0 saturated carbocycles. The van der Waals surface area contributed by atoms with Crippen molar-refractivity contribution in [1.29, 1.82) is 0 Å². The third-order valence-electron chi connectivity index (χ3n) is 5.17. The fraction of sp³-hybridized carbons (Fsp3) is 0.381. The van der Waals surface area contributed by atoms with E-state index in [0.717, 1.165) is 11.3 Å². The second kappa shape index (κ2) is 7.58. The topological polar surface area (TPSA) is 58.4 Å². The van der Waals surface area contributed by atoms with Crippen molar-refractivity contribution < 1.29 is 4.79 Å². The van der Waals surface area contributed by atoms with Crippen LogP contribution >= 0.6 is 11.6 Å². The number of piperidine rings is 1. The Morgan fingerprint density at radius 2 is 1.88 bits per heavy atom. The number of hydrogen-bond donors (Lipinski definition) is 2. The van der Waals surface area contributed by atoms with E-state index in [1.54, 1.807) is 24.3 Å². The molecular formula is C21H26ClN3O. The number of nitrogens with two attached hydrogens (primary N) is 1. The second-order valence-corrected chi connectivity index (χ2v) is 7.66. The third kappa shape index (κ3) is 3.80. The Labute approximate surface area is 160 Å². The van der Waals surface area contributed by atoms with Crippen LogP contribution in [0.5, 0.6) is 0 Å². The van der Waals surface area contributed by atoms with Gasteiger partial charge in [0.1, 0.15) is 0 Å². The molecule has 1 aliphatic rings. The van der Waals surface area contributed by atoms with Crippen LogP contribution in [-0.2, 0) is 0 Å². The molecule has 3 rings (SSSR count). The number of carbonyl (C=O) groups is 1. The van der Waals surface area contributed by atoms with Crippen molar-refractivity contribution in [3.05, 3.63) is 52.5 Å². The molecule has 0 spiro atoms. The minimum Gasteiger partial charge on any atom is -0.397 e. The Kier molecular flexibility index (Phi) is 5.42. The lowest BCUT2D eigenvalue weighted by Crippen LogP contribution is -2.44. The highest BCUT2D eigenvalue weighted by Crippen LogP contribution is 2.36. The van der Waals surface area contributed by atoms with Crippen LogP contribution in [0.3, 0.4) is 0 Å². The van der Waals surface area contributed by atoms with E-state index in [4.69, 9.17) is 17.3 Å².